The van der Waals surface area contributed by atoms with Crippen molar-refractivity contribution >= 4 is 34.3 Å². The van der Waals surface area contributed by atoms with Crippen molar-refractivity contribution in [3.8, 4) is 9.88 Å². The fourth-order valence-electron chi connectivity index (χ4n) is 2.07. The van der Waals surface area contributed by atoms with Gasteiger partial charge in [0.05, 0.1) is 27.5 Å². The monoisotopic (exact) mass is 360 g/mol. The van der Waals surface area contributed by atoms with Crippen LogP contribution in [0, 0.1) is 10.1 Å². The molecule has 0 saturated carbocycles. The standard InChI is InChI=1S/C16H12N2O4S2/c19-15(22-9-11-4-1-2-5-13(11)18(20)21)8-12-10-24-16(17-12)14-6-3-7-23-14/h1-7,10H,8-9H2. The maximum atomic E-state index is 11.9. The smallest absolute Gasteiger partial charge is 0.312 e. The number of hydrogen-bond acceptors (Lipinski definition) is 7. The quantitative estimate of drug-likeness (QED) is 0.376. The first kappa shape index (κ1) is 16.3. The van der Waals surface area contributed by atoms with Crippen molar-refractivity contribution in [3.05, 3.63) is 68.5 Å². The molecule has 0 spiro atoms. The number of nitro benzene ring substituents is 1. The Morgan fingerprint density at radius 1 is 1.21 bits per heavy atom. The van der Waals surface area contributed by atoms with E-state index in [4.69, 9.17) is 4.74 Å². The number of esters is 1. The van der Waals surface area contributed by atoms with Gasteiger partial charge in [-0.05, 0) is 17.5 Å². The lowest BCUT2D eigenvalue weighted by Crippen LogP contribution is -2.09. The van der Waals surface area contributed by atoms with Crippen LogP contribution in [-0.4, -0.2) is 15.9 Å². The molecule has 0 N–H and O–H groups in total. The van der Waals surface area contributed by atoms with Crippen molar-refractivity contribution in [2.24, 2.45) is 0 Å². The maximum absolute atomic E-state index is 11.9. The van der Waals surface area contributed by atoms with E-state index < -0.39 is 10.9 Å². The predicted octanol–water partition coefficient (Wildman–Crippen LogP) is 4.07. The molecular weight excluding hydrogens is 348 g/mol. The van der Waals surface area contributed by atoms with E-state index in [0.717, 1.165) is 9.88 Å². The second-order valence-electron chi connectivity index (χ2n) is 4.84. The molecule has 0 bridgehead atoms. The average Bonchev–Trinajstić information content (AvgIpc) is 3.24. The molecule has 0 aliphatic rings. The maximum Gasteiger partial charge on any atom is 0.312 e. The van der Waals surface area contributed by atoms with Gasteiger partial charge >= 0.3 is 5.97 Å². The molecule has 24 heavy (non-hydrogen) atoms. The van der Waals surface area contributed by atoms with Crippen LogP contribution in [0.4, 0.5) is 5.69 Å². The molecule has 0 atom stereocenters. The Morgan fingerprint density at radius 2 is 2.04 bits per heavy atom. The van der Waals surface area contributed by atoms with Crippen LogP contribution in [0.1, 0.15) is 11.3 Å². The number of para-hydroxylation sites is 1. The Bertz CT molecular complexity index is 859. The number of thiazole rings is 1. The van der Waals surface area contributed by atoms with Crippen molar-refractivity contribution in [1.82, 2.24) is 4.98 Å². The molecule has 0 saturated heterocycles. The van der Waals surface area contributed by atoms with Crippen LogP contribution in [0.3, 0.4) is 0 Å². The van der Waals surface area contributed by atoms with Crippen molar-refractivity contribution in [2.45, 2.75) is 13.0 Å². The van der Waals surface area contributed by atoms with Gasteiger partial charge < -0.3 is 4.74 Å². The molecule has 0 aliphatic carbocycles. The van der Waals surface area contributed by atoms with Crippen molar-refractivity contribution in [1.29, 1.82) is 0 Å². The Kier molecular flexibility index (Phi) is 4.97. The zero-order valence-corrected chi connectivity index (χ0v) is 14.0. The van der Waals surface area contributed by atoms with E-state index in [9.17, 15) is 14.9 Å². The first-order chi connectivity index (χ1) is 11.6. The molecule has 3 rings (SSSR count). The summed E-state index contributed by atoms with van der Waals surface area (Å²) >= 11 is 3.06. The van der Waals surface area contributed by atoms with Crippen LogP contribution < -0.4 is 0 Å². The zero-order valence-electron chi connectivity index (χ0n) is 12.4. The second-order valence-corrected chi connectivity index (χ2v) is 6.65. The van der Waals surface area contributed by atoms with Gasteiger partial charge in [-0.1, -0.05) is 18.2 Å². The Hall–Kier alpha value is -2.58. The highest BCUT2D eigenvalue weighted by molar-refractivity contribution is 7.20. The summed E-state index contributed by atoms with van der Waals surface area (Å²) in [4.78, 5) is 27.8. The number of benzene rings is 1. The molecule has 0 unspecified atom stereocenters. The van der Waals surface area contributed by atoms with E-state index in [1.807, 2.05) is 22.9 Å². The highest BCUT2D eigenvalue weighted by Gasteiger charge is 2.15. The van der Waals surface area contributed by atoms with Gasteiger partial charge in [0.1, 0.15) is 11.6 Å². The van der Waals surface area contributed by atoms with Crippen LogP contribution in [0.25, 0.3) is 9.88 Å². The lowest BCUT2D eigenvalue weighted by Gasteiger charge is -2.04. The molecular formula is C16H12N2O4S2. The normalized spacial score (nSPS) is 10.5. The van der Waals surface area contributed by atoms with E-state index in [-0.39, 0.29) is 18.7 Å². The van der Waals surface area contributed by atoms with Crippen molar-refractivity contribution in [3.63, 3.8) is 0 Å². The van der Waals surface area contributed by atoms with Gasteiger partial charge in [-0.3, -0.25) is 14.9 Å². The van der Waals surface area contributed by atoms with Crippen LogP contribution in [0.5, 0.6) is 0 Å². The summed E-state index contributed by atoms with van der Waals surface area (Å²) < 4.78 is 5.15. The highest BCUT2D eigenvalue weighted by atomic mass is 32.1. The Labute approximate surface area is 145 Å². The number of thiophene rings is 1. The number of ether oxygens (including phenoxy) is 1. The Morgan fingerprint density at radius 3 is 2.79 bits per heavy atom. The topological polar surface area (TPSA) is 82.3 Å². The number of rotatable bonds is 6. The zero-order chi connectivity index (χ0) is 16.9. The summed E-state index contributed by atoms with van der Waals surface area (Å²) in [7, 11) is 0. The minimum atomic E-state index is -0.489. The lowest BCUT2D eigenvalue weighted by atomic mass is 10.2. The fourth-order valence-corrected chi connectivity index (χ4v) is 3.70. The first-order valence-corrected chi connectivity index (χ1v) is 8.75. The van der Waals surface area contributed by atoms with Gasteiger partial charge in [0.2, 0.25) is 0 Å². The summed E-state index contributed by atoms with van der Waals surface area (Å²) in [5.74, 6) is -0.462. The summed E-state index contributed by atoms with van der Waals surface area (Å²) in [6.07, 6.45) is 0.0442. The molecule has 0 aliphatic heterocycles. The first-order valence-electron chi connectivity index (χ1n) is 6.99. The van der Waals surface area contributed by atoms with Gasteiger partial charge in [0.25, 0.3) is 5.69 Å². The number of carbonyl (C=O) groups excluding carboxylic acids is 1. The van der Waals surface area contributed by atoms with E-state index >= 15 is 0 Å². The summed E-state index contributed by atoms with van der Waals surface area (Å²) in [6, 6.07) is 10.1. The van der Waals surface area contributed by atoms with Gasteiger partial charge in [0.15, 0.2) is 0 Å². The molecule has 0 radical (unpaired) electrons. The van der Waals surface area contributed by atoms with Gasteiger partial charge in [-0.2, -0.15) is 0 Å². The van der Waals surface area contributed by atoms with Gasteiger partial charge in [-0.15, -0.1) is 22.7 Å². The molecule has 2 heterocycles. The summed E-state index contributed by atoms with van der Waals surface area (Å²) in [5, 5.41) is 15.6. The highest BCUT2D eigenvalue weighted by Crippen LogP contribution is 2.28. The minimum Gasteiger partial charge on any atom is -0.460 e. The minimum absolute atomic E-state index is 0.0442. The fraction of sp³-hybridized carbons (Fsp3) is 0.125. The Balaban J connectivity index is 1.60. The van der Waals surface area contributed by atoms with Gasteiger partial charge in [0, 0.05) is 11.4 Å². The number of hydrogen-bond donors (Lipinski definition) is 0. The molecule has 8 heteroatoms. The van der Waals surface area contributed by atoms with E-state index in [2.05, 4.69) is 4.98 Å². The number of nitro groups is 1. The molecule has 6 nitrogen and oxygen atoms in total. The van der Waals surface area contributed by atoms with E-state index in [1.165, 1.54) is 17.4 Å². The third-order valence-corrected chi connectivity index (χ3v) is 5.12. The number of carbonyl (C=O) groups is 1. The lowest BCUT2D eigenvalue weighted by molar-refractivity contribution is -0.385. The molecule has 122 valence electrons. The third-order valence-electron chi connectivity index (χ3n) is 3.19. The SMILES string of the molecule is O=C(Cc1csc(-c2cccs2)n1)OCc1ccccc1[N+](=O)[O-]. The van der Waals surface area contributed by atoms with E-state index in [1.54, 1.807) is 29.5 Å². The van der Waals surface area contributed by atoms with E-state index in [0.29, 0.717) is 11.3 Å². The number of aromatic nitrogens is 1. The molecule has 3 aromatic rings. The predicted molar refractivity (Wildman–Crippen MR) is 92.0 cm³/mol. The molecule has 2 aromatic heterocycles. The molecule has 1 aromatic carbocycles. The number of nitrogens with zero attached hydrogens (tertiary/aromatic N) is 2. The van der Waals surface area contributed by atoms with Gasteiger partial charge in [-0.25, -0.2) is 4.98 Å². The third kappa shape index (κ3) is 3.84. The van der Waals surface area contributed by atoms with Crippen LogP contribution >= 0.6 is 22.7 Å². The molecule has 0 fully saturated rings. The average molecular weight is 360 g/mol. The second kappa shape index (κ2) is 7.33. The van der Waals surface area contributed by atoms with Crippen molar-refractivity contribution in [2.75, 3.05) is 0 Å². The largest absolute Gasteiger partial charge is 0.460 e. The van der Waals surface area contributed by atoms with Crippen LogP contribution in [-0.2, 0) is 22.6 Å². The van der Waals surface area contributed by atoms with Crippen molar-refractivity contribution < 1.29 is 14.5 Å². The van der Waals surface area contributed by atoms with Crippen LogP contribution in [0.15, 0.2) is 47.2 Å². The molecule has 0 amide bonds. The summed E-state index contributed by atoms with van der Waals surface area (Å²) in [6.45, 7) is -0.127. The summed E-state index contributed by atoms with van der Waals surface area (Å²) in [5.41, 5.74) is 0.948. The van der Waals surface area contributed by atoms with Crippen LogP contribution in [0.2, 0.25) is 0 Å².